The Bertz CT molecular complexity index is 829. The Labute approximate surface area is 141 Å². The molecule has 0 aromatic heterocycles. The average molecular weight is 322 g/mol. The van der Waals surface area contributed by atoms with Crippen LogP contribution in [-0.2, 0) is 9.53 Å². The lowest BCUT2D eigenvalue weighted by atomic mass is 10.1. The summed E-state index contributed by atoms with van der Waals surface area (Å²) in [5.41, 5.74) is 3.29. The third kappa shape index (κ3) is 3.18. The molecule has 2 aromatic carbocycles. The van der Waals surface area contributed by atoms with Gasteiger partial charge in [-0.3, -0.25) is 0 Å². The zero-order valence-corrected chi connectivity index (χ0v) is 13.8. The fourth-order valence-corrected chi connectivity index (χ4v) is 2.56. The van der Waals surface area contributed by atoms with E-state index in [1.165, 1.54) is 0 Å². The first kappa shape index (κ1) is 15.9. The van der Waals surface area contributed by atoms with Crippen LogP contribution < -0.4 is 9.47 Å². The molecule has 0 radical (unpaired) electrons. The van der Waals surface area contributed by atoms with Gasteiger partial charge in [-0.15, -0.1) is 0 Å². The Morgan fingerprint density at radius 2 is 1.75 bits per heavy atom. The lowest BCUT2D eigenvalue weighted by Crippen LogP contribution is -1.97. The predicted molar refractivity (Wildman–Crippen MR) is 92.8 cm³/mol. The smallest absolute Gasteiger partial charge is 0.343 e. The van der Waals surface area contributed by atoms with Crippen LogP contribution in [0.15, 0.2) is 54.1 Å². The first-order valence-corrected chi connectivity index (χ1v) is 7.55. The van der Waals surface area contributed by atoms with E-state index in [9.17, 15) is 4.79 Å². The molecule has 1 aliphatic heterocycles. The molecule has 2 aromatic rings. The standard InChI is InChI=1S/C20H18O4/c1-13-10-14(4-9-18(13)23-3)11-16-12-19(24-20(16)21)15-5-7-17(22-2)8-6-15/h4-12H,1-3H3/b16-11+. The molecule has 0 fully saturated rings. The van der Waals surface area contributed by atoms with Gasteiger partial charge in [0.05, 0.1) is 19.8 Å². The Hall–Kier alpha value is -3.01. The van der Waals surface area contributed by atoms with Crippen LogP contribution in [0.1, 0.15) is 16.7 Å². The number of benzene rings is 2. The Balaban J connectivity index is 1.89. The van der Waals surface area contributed by atoms with E-state index >= 15 is 0 Å². The first-order chi connectivity index (χ1) is 11.6. The van der Waals surface area contributed by atoms with Gasteiger partial charge in [0.1, 0.15) is 17.3 Å². The summed E-state index contributed by atoms with van der Waals surface area (Å²) in [4.78, 5) is 12.1. The second kappa shape index (κ2) is 6.62. The largest absolute Gasteiger partial charge is 0.497 e. The predicted octanol–water partition coefficient (Wildman–Crippen LogP) is 3.99. The van der Waals surface area contributed by atoms with Crippen molar-refractivity contribution in [3.05, 3.63) is 70.8 Å². The zero-order chi connectivity index (χ0) is 17.1. The quantitative estimate of drug-likeness (QED) is 0.630. The summed E-state index contributed by atoms with van der Waals surface area (Å²) in [6.07, 6.45) is 3.56. The topological polar surface area (TPSA) is 44.8 Å². The van der Waals surface area contributed by atoms with Crippen LogP contribution in [0.4, 0.5) is 0 Å². The molecule has 1 heterocycles. The third-order valence-electron chi connectivity index (χ3n) is 3.84. The molecule has 122 valence electrons. The van der Waals surface area contributed by atoms with Crippen LogP contribution in [0, 0.1) is 6.92 Å². The van der Waals surface area contributed by atoms with Crippen molar-refractivity contribution in [3.63, 3.8) is 0 Å². The number of esters is 1. The molecule has 0 saturated heterocycles. The van der Waals surface area contributed by atoms with Crippen molar-refractivity contribution < 1.29 is 19.0 Å². The molecule has 0 unspecified atom stereocenters. The fourth-order valence-electron chi connectivity index (χ4n) is 2.56. The fraction of sp³-hybridized carbons (Fsp3) is 0.150. The van der Waals surface area contributed by atoms with Gasteiger partial charge < -0.3 is 14.2 Å². The van der Waals surface area contributed by atoms with Crippen molar-refractivity contribution in [1.82, 2.24) is 0 Å². The van der Waals surface area contributed by atoms with Crippen LogP contribution in [-0.4, -0.2) is 20.2 Å². The van der Waals surface area contributed by atoms with E-state index in [1.54, 1.807) is 20.3 Å². The van der Waals surface area contributed by atoms with Gasteiger partial charge in [0, 0.05) is 5.56 Å². The molecule has 1 aliphatic rings. The maximum absolute atomic E-state index is 12.1. The molecule has 0 N–H and O–H groups in total. The number of carbonyl (C=O) groups excluding carboxylic acids is 1. The summed E-state index contributed by atoms with van der Waals surface area (Å²) in [6, 6.07) is 13.1. The van der Waals surface area contributed by atoms with Crippen molar-refractivity contribution >= 4 is 17.8 Å². The van der Waals surface area contributed by atoms with Crippen molar-refractivity contribution in [2.45, 2.75) is 6.92 Å². The summed E-state index contributed by atoms with van der Waals surface area (Å²) >= 11 is 0. The van der Waals surface area contributed by atoms with E-state index in [4.69, 9.17) is 14.2 Å². The van der Waals surface area contributed by atoms with Crippen LogP contribution in [0.3, 0.4) is 0 Å². The van der Waals surface area contributed by atoms with E-state index < -0.39 is 0 Å². The Morgan fingerprint density at radius 3 is 2.38 bits per heavy atom. The summed E-state index contributed by atoms with van der Waals surface area (Å²) in [5, 5.41) is 0. The van der Waals surface area contributed by atoms with E-state index in [0.717, 1.165) is 28.2 Å². The van der Waals surface area contributed by atoms with E-state index in [0.29, 0.717) is 11.3 Å². The number of rotatable bonds is 4. The molecule has 0 amide bonds. The zero-order valence-electron chi connectivity index (χ0n) is 13.8. The normalized spacial score (nSPS) is 15.2. The van der Waals surface area contributed by atoms with Crippen LogP contribution in [0.5, 0.6) is 11.5 Å². The number of aryl methyl sites for hydroxylation is 1. The van der Waals surface area contributed by atoms with Gasteiger partial charge in [-0.1, -0.05) is 6.07 Å². The van der Waals surface area contributed by atoms with Gasteiger partial charge in [0.2, 0.25) is 0 Å². The minimum atomic E-state index is -0.353. The third-order valence-corrected chi connectivity index (χ3v) is 3.84. The summed E-state index contributed by atoms with van der Waals surface area (Å²) in [7, 11) is 3.25. The van der Waals surface area contributed by atoms with Crippen molar-refractivity contribution in [3.8, 4) is 11.5 Å². The van der Waals surface area contributed by atoms with Gasteiger partial charge in [0.25, 0.3) is 0 Å². The number of ether oxygens (including phenoxy) is 3. The molecule has 0 spiro atoms. The lowest BCUT2D eigenvalue weighted by molar-refractivity contribution is -0.130. The summed E-state index contributed by atoms with van der Waals surface area (Å²) < 4.78 is 15.8. The molecule has 24 heavy (non-hydrogen) atoms. The van der Waals surface area contributed by atoms with E-state index in [2.05, 4.69) is 0 Å². The summed E-state index contributed by atoms with van der Waals surface area (Å²) in [6.45, 7) is 1.96. The first-order valence-electron chi connectivity index (χ1n) is 7.55. The molecule has 0 bridgehead atoms. The minimum Gasteiger partial charge on any atom is -0.497 e. The van der Waals surface area contributed by atoms with Crippen molar-refractivity contribution in [2.24, 2.45) is 0 Å². The summed E-state index contributed by atoms with van der Waals surface area (Å²) in [5.74, 6) is 1.77. The lowest BCUT2D eigenvalue weighted by Gasteiger charge is -2.04. The number of carbonyl (C=O) groups is 1. The highest BCUT2D eigenvalue weighted by Crippen LogP contribution is 2.29. The maximum Gasteiger partial charge on any atom is 0.343 e. The van der Waals surface area contributed by atoms with Crippen LogP contribution in [0.25, 0.3) is 11.8 Å². The van der Waals surface area contributed by atoms with Gasteiger partial charge in [-0.25, -0.2) is 4.79 Å². The van der Waals surface area contributed by atoms with Crippen molar-refractivity contribution in [1.29, 1.82) is 0 Å². The number of cyclic esters (lactones) is 1. The SMILES string of the molecule is COc1ccc(C2=C/C(=C\c3ccc(OC)c(C)c3)C(=O)O2)cc1. The van der Waals surface area contributed by atoms with E-state index in [-0.39, 0.29) is 5.97 Å². The molecule has 4 nitrogen and oxygen atoms in total. The molecule has 0 atom stereocenters. The number of methoxy groups -OCH3 is 2. The van der Waals surface area contributed by atoms with Crippen LogP contribution in [0.2, 0.25) is 0 Å². The Morgan fingerprint density at radius 1 is 1.00 bits per heavy atom. The molecule has 0 aliphatic carbocycles. The number of hydrogen-bond donors (Lipinski definition) is 0. The molecule has 4 heteroatoms. The Kier molecular flexibility index (Phi) is 4.38. The van der Waals surface area contributed by atoms with Crippen molar-refractivity contribution in [2.75, 3.05) is 14.2 Å². The van der Waals surface area contributed by atoms with E-state index in [1.807, 2.05) is 55.5 Å². The monoisotopic (exact) mass is 322 g/mol. The second-order valence-corrected chi connectivity index (χ2v) is 5.46. The highest BCUT2D eigenvalue weighted by atomic mass is 16.5. The van der Waals surface area contributed by atoms with Gasteiger partial charge in [-0.05, 0) is 66.6 Å². The average Bonchev–Trinajstić information content (AvgIpc) is 2.96. The minimum absolute atomic E-state index is 0.353. The maximum atomic E-state index is 12.1. The van der Waals surface area contributed by atoms with Gasteiger partial charge in [0.15, 0.2) is 0 Å². The molecule has 0 saturated carbocycles. The highest BCUT2D eigenvalue weighted by molar-refractivity contribution is 6.05. The molecular formula is C20H18O4. The highest BCUT2D eigenvalue weighted by Gasteiger charge is 2.22. The molecule has 3 rings (SSSR count). The van der Waals surface area contributed by atoms with Crippen LogP contribution >= 0.6 is 0 Å². The van der Waals surface area contributed by atoms with Gasteiger partial charge in [-0.2, -0.15) is 0 Å². The van der Waals surface area contributed by atoms with Gasteiger partial charge >= 0.3 is 5.97 Å². The second-order valence-electron chi connectivity index (χ2n) is 5.46. The number of hydrogen-bond acceptors (Lipinski definition) is 4. The molecular weight excluding hydrogens is 304 g/mol.